The molecule has 0 aliphatic carbocycles. The third-order valence-electron chi connectivity index (χ3n) is 4.23. The summed E-state index contributed by atoms with van der Waals surface area (Å²) in [4.78, 5) is 16.9. The number of nitrogens with one attached hydrogen (secondary N) is 1. The number of pyridine rings is 1. The van der Waals surface area contributed by atoms with Gasteiger partial charge < -0.3 is 10.1 Å². The number of aromatic nitrogens is 1. The molecule has 0 radical (unpaired) electrons. The Hall–Kier alpha value is -2.16. The lowest BCUT2D eigenvalue weighted by Gasteiger charge is -2.27. The summed E-state index contributed by atoms with van der Waals surface area (Å²) >= 11 is 6.00. The second-order valence-corrected chi connectivity index (χ2v) is 8.39. The van der Waals surface area contributed by atoms with E-state index in [0.29, 0.717) is 35.0 Å². The molecule has 1 aliphatic heterocycles. The highest BCUT2D eigenvalue weighted by Crippen LogP contribution is 2.29. The lowest BCUT2D eigenvalue weighted by atomic mass is 9.98. The number of benzene rings is 1. The first-order chi connectivity index (χ1) is 12.3. The molecule has 1 aliphatic rings. The van der Waals surface area contributed by atoms with Crippen LogP contribution in [0.15, 0.2) is 30.6 Å². The van der Waals surface area contributed by atoms with Crippen LogP contribution in [0.1, 0.15) is 21.5 Å². The number of hydrogen-bond donors (Lipinski definition) is 1. The Balaban J connectivity index is 1.90. The van der Waals surface area contributed by atoms with Gasteiger partial charge in [-0.15, -0.1) is 0 Å². The van der Waals surface area contributed by atoms with Crippen molar-refractivity contribution in [1.82, 2.24) is 9.29 Å². The van der Waals surface area contributed by atoms with Gasteiger partial charge in [0.25, 0.3) is 5.91 Å². The van der Waals surface area contributed by atoms with E-state index in [9.17, 15) is 13.2 Å². The van der Waals surface area contributed by atoms with Crippen molar-refractivity contribution in [3.63, 3.8) is 0 Å². The number of nitrogens with zero attached hydrogens (tertiary/aromatic N) is 2. The fourth-order valence-electron chi connectivity index (χ4n) is 2.91. The standard InChI is InChI=1S/C17H18ClN3O4S/c1-25-16-4-3-12(18)7-15(16)20-17(22)14-9-19-8-11-10-21(26(2,23)24)6-5-13(11)14/h3-4,7-9H,5-6,10H2,1-2H3,(H,20,22). The SMILES string of the molecule is COc1ccc(Cl)cc1NC(=O)c1cncc2c1CCN(S(C)(=O)=O)C2. The van der Waals surface area contributed by atoms with Crippen LogP contribution in [0.3, 0.4) is 0 Å². The summed E-state index contributed by atoms with van der Waals surface area (Å²) in [7, 11) is -1.79. The van der Waals surface area contributed by atoms with Crippen LogP contribution in [0.25, 0.3) is 0 Å². The van der Waals surface area contributed by atoms with Gasteiger partial charge in [-0.2, -0.15) is 4.31 Å². The van der Waals surface area contributed by atoms with E-state index in [1.165, 1.54) is 23.9 Å². The van der Waals surface area contributed by atoms with Crippen molar-refractivity contribution in [3.8, 4) is 5.75 Å². The first-order valence-corrected chi connectivity index (χ1v) is 10.1. The monoisotopic (exact) mass is 395 g/mol. The maximum Gasteiger partial charge on any atom is 0.257 e. The molecular weight excluding hydrogens is 378 g/mol. The average molecular weight is 396 g/mol. The summed E-state index contributed by atoms with van der Waals surface area (Å²) < 4.78 is 30.1. The van der Waals surface area contributed by atoms with Gasteiger partial charge in [0.2, 0.25) is 10.0 Å². The molecule has 2 heterocycles. The summed E-state index contributed by atoms with van der Waals surface area (Å²) in [6, 6.07) is 4.94. The van der Waals surface area contributed by atoms with Gasteiger partial charge in [-0.1, -0.05) is 11.6 Å². The predicted molar refractivity (Wildman–Crippen MR) is 99.2 cm³/mol. The third-order valence-corrected chi connectivity index (χ3v) is 5.71. The number of sulfonamides is 1. The second-order valence-electron chi connectivity index (χ2n) is 5.97. The lowest BCUT2D eigenvalue weighted by molar-refractivity contribution is 0.102. The topological polar surface area (TPSA) is 88.6 Å². The molecule has 9 heteroatoms. The molecule has 0 atom stereocenters. The smallest absolute Gasteiger partial charge is 0.257 e. The van der Waals surface area contributed by atoms with Gasteiger partial charge in [-0.05, 0) is 35.7 Å². The van der Waals surface area contributed by atoms with E-state index < -0.39 is 10.0 Å². The number of carbonyl (C=O) groups excluding carboxylic acids is 1. The molecular formula is C17H18ClN3O4S. The van der Waals surface area contributed by atoms with E-state index in [2.05, 4.69) is 10.3 Å². The van der Waals surface area contributed by atoms with E-state index in [1.807, 2.05) is 0 Å². The highest BCUT2D eigenvalue weighted by molar-refractivity contribution is 7.88. The highest BCUT2D eigenvalue weighted by atomic mass is 35.5. The molecule has 1 N–H and O–H groups in total. The number of amides is 1. The van der Waals surface area contributed by atoms with E-state index in [-0.39, 0.29) is 12.5 Å². The molecule has 7 nitrogen and oxygen atoms in total. The number of carbonyl (C=O) groups is 1. The van der Waals surface area contributed by atoms with Crippen LogP contribution < -0.4 is 10.1 Å². The van der Waals surface area contributed by atoms with Crippen LogP contribution in [0, 0.1) is 0 Å². The van der Waals surface area contributed by atoms with E-state index >= 15 is 0 Å². The number of rotatable bonds is 4. The van der Waals surface area contributed by atoms with Crippen molar-refractivity contribution in [2.75, 3.05) is 25.2 Å². The number of anilines is 1. The zero-order valence-corrected chi connectivity index (χ0v) is 15.9. The average Bonchev–Trinajstić information content (AvgIpc) is 2.60. The Labute approximate surface area is 157 Å². The van der Waals surface area contributed by atoms with Crippen LogP contribution in [0.4, 0.5) is 5.69 Å². The molecule has 0 spiro atoms. The molecule has 0 saturated heterocycles. The zero-order valence-electron chi connectivity index (χ0n) is 14.3. The third kappa shape index (κ3) is 3.82. The minimum Gasteiger partial charge on any atom is -0.495 e. The van der Waals surface area contributed by atoms with Crippen LogP contribution in [0.2, 0.25) is 5.02 Å². The Kier molecular flexibility index (Phi) is 5.17. The Morgan fingerprint density at radius 1 is 1.35 bits per heavy atom. The Morgan fingerprint density at radius 3 is 2.81 bits per heavy atom. The lowest BCUT2D eigenvalue weighted by Crippen LogP contribution is -2.36. The molecule has 2 aromatic rings. The Morgan fingerprint density at radius 2 is 2.12 bits per heavy atom. The molecule has 0 saturated carbocycles. The predicted octanol–water partition coefficient (Wildman–Crippen LogP) is 2.31. The number of ether oxygens (including phenoxy) is 1. The quantitative estimate of drug-likeness (QED) is 0.858. The molecule has 0 bridgehead atoms. The summed E-state index contributed by atoms with van der Waals surface area (Å²) in [6.45, 7) is 0.541. The fourth-order valence-corrected chi connectivity index (χ4v) is 3.88. The van der Waals surface area contributed by atoms with Gasteiger partial charge in [0.05, 0.1) is 24.6 Å². The van der Waals surface area contributed by atoms with Gasteiger partial charge in [0.1, 0.15) is 5.75 Å². The fraction of sp³-hybridized carbons (Fsp3) is 0.294. The van der Waals surface area contributed by atoms with Crippen molar-refractivity contribution < 1.29 is 17.9 Å². The maximum atomic E-state index is 12.8. The van der Waals surface area contributed by atoms with Crippen molar-refractivity contribution in [1.29, 1.82) is 0 Å². The molecule has 1 aromatic carbocycles. The van der Waals surface area contributed by atoms with E-state index in [4.69, 9.17) is 16.3 Å². The van der Waals surface area contributed by atoms with Crippen LogP contribution in [0.5, 0.6) is 5.75 Å². The minimum atomic E-state index is -3.29. The van der Waals surface area contributed by atoms with E-state index in [0.717, 1.165) is 11.1 Å². The molecule has 0 unspecified atom stereocenters. The van der Waals surface area contributed by atoms with Crippen molar-refractivity contribution in [2.24, 2.45) is 0 Å². The summed E-state index contributed by atoms with van der Waals surface area (Å²) in [6.07, 6.45) is 4.71. The van der Waals surface area contributed by atoms with Crippen LogP contribution in [-0.4, -0.2) is 43.5 Å². The first-order valence-electron chi connectivity index (χ1n) is 7.85. The normalized spacial score (nSPS) is 14.6. The molecule has 26 heavy (non-hydrogen) atoms. The minimum absolute atomic E-state index is 0.211. The molecule has 0 fully saturated rings. The summed E-state index contributed by atoms with van der Waals surface area (Å²) in [5.74, 6) is 0.145. The number of fused-ring (bicyclic) bond motifs is 1. The van der Waals surface area contributed by atoms with Crippen LogP contribution in [-0.2, 0) is 23.0 Å². The first kappa shape index (κ1) is 18.6. The second kappa shape index (κ2) is 7.22. The van der Waals surface area contributed by atoms with Gasteiger partial charge in [-0.3, -0.25) is 9.78 Å². The van der Waals surface area contributed by atoms with Gasteiger partial charge in [-0.25, -0.2) is 8.42 Å². The van der Waals surface area contributed by atoms with Gasteiger partial charge in [0.15, 0.2) is 0 Å². The van der Waals surface area contributed by atoms with Crippen LogP contribution >= 0.6 is 11.6 Å². The summed E-state index contributed by atoms with van der Waals surface area (Å²) in [5.41, 5.74) is 2.40. The van der Waals surface area contributed by atoms with Gasteiger partial charge >= 0.3 is 0 Å². The van der Waals surface area contributed by atoms with Gasteiger partial charge in [0, 0.05) is 30.5 Å². The molecule has 1 amide bonds. The molecule has 1 aromatic heterocycles. The molecule has 138 valence electrons. The van der Waals surface area contributed by atoms with Crippen molar-refractivity contribution in [2.45, 2.75) is 13.0 Å². The van der Waals surface area contributed by atoms with Crippen molar-refractivity contribution in [3.05, 3.63) is 52.3 Å². The highest BCUT2D eigenvalue weighted by Gasteiger charge is 2.26. The number of hydrogen-bond acceptors (Lipinski definition) is 5. The maximum absolute atomic E-state index is 12.8. The Bertz CT molecular complexity index is 962. The number of methoxy groups -OCH3 is 1. The van der Waals surface area contributed by atoms with E-state index in [1.54, 1.807) is 24.4 Å². The number of halogens is 1. The van der Waals surface area contributed by atoms with Crippen molar-refractivity contribution >= 4 is 33.2 Å². The molecule has 3 rings (SSSR count). The summed E-state index contributed by atoms with van der Waals surface area (Å²) in [5, 5.41) is 3.26. The zero-order chi connectivity index (χ0) is 18.9. The largest absolute Gasteiger partial charge is 0.495 e.